The van der Waals surface area contributed by atoms with Crippen molar-refractivity contribution in [3.05, 3.63) is 54.4 Å². The Labute approximate surface area is 149 Å². The Morgan fingerprint density at radius 3 is 2.20 bits per heavy atom. The van der Waals surface area contributed by atoms with Gasteiger partial charge in [-0.25, -0.2) is 8.42 Å². The third-order valence-corrected chi connectivity index (χ3v) is 6.25. The maximum atomic E-state index is 12.4. The van der Waals surface area contributed by atoms with E-state index in [1.807, 2.05) is 49.9 Å². The largest absolute Gasteiger partial charge is 0.350 e. The van der Waals surface area contributed by atoms with E-state index in [-0.39, 0.29) is 16.8 Å². The molecular weight excluding hydrogens is 338 g/mol. The number of carbonyl (C=O) groups is 1. The number of sulfonamides is 1. The third-order valence-electron chi connectivity index (χ3n) is 4.19. The van der Waals surface area contributed by atoms with E-state index in [2.05, 4.69) is 5.32 Å². The zero-order chi connectivity index (χ0) is 18.4. The summed E-state index contributed by atoms with van der Waals surface area (Å²) in [5.41, 5.74) is 0.853. The highest BCUT2D eigenvalue weighted by Crippen LogP contribution is 2.16. The van der Waals surface area contributed by atoms with Gasteiger partial charge in [0.1, 0.15) is 6.04 Å². The molecule has 0 unspecified atom stereocenters. The first-order chi connectivity index (χ1) is 11.9. The molecule has 1 atom stereocenters. The van der Waals surface area contributed by atoms with Crippen molar-refractivity contribution < 1.29 is 13.2 Å². The number of rotatable bonds is 8. The van der Waals surface area contributed by atoms with E-state index < -0.39 is 10.0 Å². The molecule has 0 fully saturated rings. The van der Waals surface area contributed by atoms with Crippen molar-refractivity contribution >= 4 is 15.9 Å². The lowest BCUT2D eigenvalue weighted by molar-refractivity contribution is -0.124. The molecule has 0 radical (unpaired) electrons. The molecule has 0 aliphatic rings. The van der Waals surface area contributed by atoms with Crippen LogP contribution in [0.3, 0.4) is 0 Å². The molecule has 1 N–H and O–H groups in total. The molecule has 136 valence electrons. The maximum Gasteiger partial charge on any atom is 0.243 e. The smallest absolute Gasteiger partial charge is 0.243 e. The van der Waals surface area contributed by atoms with Crippen molar-refractivity contribution in [1.82, 2.24) is 14.2 Å². The first-order valence-corrected chi connectivity index (χ1v) is 9.83. The third kappa shape index (κ3) is 4.49. The molecule has 2 rings (SSSR count). The summed E-state index contributed by atoms with van der Waals surface area (Å²) in [6.45, 7) is 6.70. The fourth-order valence-corrected chi connectivity index (χ4v) is 4.03. The number of hydrogen-bond donors (Lipinski definition) is 1. The second kappa shape index (κ2) is 8.31. The molecular formula is C18H25N3O3S. The van der Waals surface area contributed by atoms with Crippen LogP contribution >= 0.6 is 0 Å². The normalized spacial score (nSPS) is 13.0. The molecule has 6 nitrogen and oxygen atoms in total. The van der Waals surface area contributed by atoms with Gasteiger partial charge in [-0.3, -0.25) is 4.79 Å². The minimum Gasteiger partial charge on any atom is -0.350 e. The van der Waals surface area contributed by atoms with Crippen molar-refractivity contribution in [3.8, 4) is 0 Å². The monoisotopic (exact) mass is 363 g/mol. The van der Waals surface area contributed by atoms with E-state index >= 15 is 0 Å². The SMILES string of the molecule is CCN(CC)S(=O)(=O)c1ccc(CNC(=O)[C@H](C)n2cccc2)cc1. The van der Waals surface area contributed by atoms with Gasteiger partial charge in [-0.15, -0.1) is 0 Å². The summed E-state index contributed by atoms with van der Waals surface area (Å²) in [4.78, 5) is 12.4. The van der Waals surface area contributed by atoms with Gasteiger partial charge in [-0.1, -0.05) is 26.0 Å². The van der Waals surface area contributed by atoms with Crippen molar-refractivity contribution in [1.29, 1.82) is 0 Å². The number of hydrogen-bond acceptors (Lipinski definition) is 3. The summed E-state index contributed by atoms with van der Waals surface area (Å²) in [5, 5.41) is 2.87. The number of amides is 1. The van der Waals surface area contributed by atoms with Gasteiger partial charge in [0.05, 0.1) is 4.90 Å². The predicted molar refractivity (Wildman–Crippen MR) is 97.5 cm³/mol. The molecule has 0 aliphatic carbocycles. The Morgan fingerprint density at radius 2 is 1.68 bits per heavy atom. The lowest BCUT2D eigenvalue weighted by Gasteiger charge is -2.18. The minimum atomic E-state index is -3.45. The van der Waals surface area contributed by atoms with E-state index in [9.17, 15) is 13.2 Å². The fourth-order valence-electron chi connectivity index (χ4n) is 2.57. The van der Waals surface area contributed by atoms with E-state index in [4.69, 9.17) is 0 Å². The number of carbonyl (C=O) groups excluding carboxylic acids is 1. The number of benzene rings is 1. The van der Waals surface area contributed by atoms with Crippen LogP contribution < -0.4 is 5.32 Å². The molecule has 1 aromatic heterocycles. The summed E-state index contributed by atoms with van der Waals surface area (Å²) < 4.78 is 28.1. The van der Waals surface area contributed by atoms with Crippen LogP contribution in [0.15, 0.2) is 53.7 Å². The molecule has 25 heavy (non-hydrogen) atoms. The minimum absolute atomic E-state index is 0.0870. The molecule has 0 spiro atoms. The zero-order valence-corrected chi connectivity index (χ0v) is 15.7. The average molecular weight is 363 g/mol. The highest BCUT2D eigenvalue weighted by atomic mass is 32.2. The molecule has 1 heterocycles. The molecule has 7 heteroatoms. The molecule has 1 amide bonds. The van der Waals surface area contributed by atoms with Crippen molar-refractivity contribution in [2.24, 2.45) is 0 Å². The molecule has 0 saturated carbocycles. The Kier molecular flexibility index (Phi) is 6.39. The Hall–Kier alpha value is -2.12. The van der Waals surface area contributed by atoms with Gasteiger partial charge in [0.15, 0.2) is 0 Å². The predicted octanol–water partition coefficient (Wildman–Crippen LogP) is 2.40. The lowest BCUT2D eigenvalue weighted by Crippen LogP contribution is -2.31. The van der Waals surface area contributed by atoms with Crippen LogP contribution in [-0.2, 0) is 21.4 Å². The number of nitrogens with one attached hydrogen (secondary N) is 1. The highest BCUT2D eigenvalue weighted by molar-refractivity contribution is 7.89. The second-order valence-electron chi connectivity index (χ2n) is 5.76. The molecule has 0 saturated heterocycles. The van der Waals surface area contributed by atoms with E-state index in [0.717, 1.165) is 5.56 Å². The van der Waals surface area contributed by atoms with Crippen molar-refractivity contribution in [3.63, 3.8) is 0 Å². The Bertz CT molecular complexity index is 779. The zero-order valence-electron chi connectivity index (χ0n) is 14.8. The van der Waals surface area contributed by atoms with Gasteiger partial charge < -0.3 is 9.88 Å². The van der Waals surface area contributed by atoms with Crippen LogP contribution in [0.2, 0.25) is 0 Å². The molecule has 0 aliphatic heterocycles. The first kappa shape index (κ1) is 19.2. The second-order valence-corrected chi connectivity index (χ2v) is 7.70. The van der Waals surface area contributed by atoms with Crippen LogP contribution in [0.1, 0.15) is 32.4 Å². The quantitative estimate of drug-likeness (QED) is 0.783. The molecule has 2 aromatic rings. The van der Waals surface area contributed by atoms with Crippen LogP contribution in [0.4, 0.5) is 0 Å². The standard InChI is InChI=1S/C18H25N3O3S/c1-4-21(5-2)25(23,24)17-10-8-16(9-11-17)14-19-18(22)15(3)20-12-6-7-13-20/h6-13,15H,4-5,14H2,1-3H3,(H,19,22)/t15-/m0/s1. The van der Waals surface area contributed by atoms with Gasteiger partial charge in [0.2, 0.25) is 15.9 Å². The average Bonchev–Trinajstić information content (AvgIpc) is 3.14. The Morgan fingerprint density at radius 1 is 1.12 bits per heavy atom. The van der Waals surface area contributed by atoms with Gasteiger partial charge in [-0.05, 0) is 36.8 Å². The van der Waals surface area contributed by atoms with E-state index in [1.165, 1.54) is 4.31 Å². The van der Waals surface area contributed by atoms with Gasteiger partial charge in [0, 0.05) is 32.0 Å². The van der Waals surface area contributed by atoms with Crippen LogP contribution in [-0.4, -0.2) is 36.3 Å². The maximum absolute atomic E-state index is 12.4. The van der Waals surface area contributed by atoms with E-state index in [0.29, 0.717) is 19.6 Å². The summed E-state index contributed by atoms with van der Waals surface area (Å²) >= 11 is 0. The number of aromatic nitrogens is 1. The van der Waals surface area contributed by atoms with Crippen LogP contribution in [0, 0.1) is 0 Å². The van der Waals surface area contributed by atoms with Crippen LogP contribution in [0.25, 0.3) is 0 Å². The van der Waals surface area contributed by atoms with Crippen molar-refractivity contribution in [2.75, 3.05) is 13.1 Å². The summed E-state index contributed by atoms with van der Waals surface area (Å²) in [6.07, 6.45) is 3.69. The fraction of sp³-hybridized carbons (Fsp3) is 0.389. The Balaban J connectivity index is 2.00. The highest BCUT2D eigenvalue weighted by Gasteiger charge is 2.21. The summed E-state index contributed by atoms with van der Waals surface area (Å²) in [6, 6.07) is 10.1. The van der Waals surface area contributed by atoms with Crippen molar-refractivity contribution in [2.45, 2.75) is 38.3 Å². The van der Waals surface area contributed by atoms with E-state index in [1.54, 1.807) is 24.3 Å². The lowest BCUT2D eigenvalue weighted by atomic mass is 10.2. The topological polar surface area (TPSA) is 71.4 Å². The summed E-state index contributed by atoms with van der Waals surface area (Å²) in [7, 11) is -3.45. The van der Waals surface area contributed by atoms with Gasteiger partial charge in [0.25, 0.3) is 0 Å². The number of nitrogens with zero attached hydrogens (tertiary/aromatic N) is 2. The van der Waals surface area contributed by atoms with Gasteiger partial charge >= 0.3 is 0 Å². The summed E-state index contributed by atoms with van der Waals surface area (Å²) in [5.74, 6) is -0.0870. The van der Waals surface area contributed by atoms with Gasteiger partial charge in [-0.2, -0.15) is 4.31 Å². The first-order valence-electron chi connectivity index (χ1n) is 8.39. The molecule has 0 bridgehead atoms. The van der Waals surface area contributed by atoms with Crippen LogP contribution in [0.5, 0.6) is 0 Å². The molecule has 1 aromatic carbocycles.